The first-order chi connectivity index (χ1) is 24.8. The van der Waals surface area contributed by atoms with Crippen molar-refractivity contribution in [1.82, 2.24) is 20.5 Å². The Morgan fingerprint density at radius 2 is 1.88 bits per heavy atom. The minimum atomic E-state index is -1.11. The molecule has 1 aromatic heterocycles. The number of thioether (sulfide) groups is 1. The Balaban J connectivity index is 1.16. The number of para-hydroxylation sites is 1. The van der Waals surface area contributed by atoms with Crippen molar-refractivity contribution in [3.8, 4) is 16.9 Å². The quantitative estimate of drug-likeness (QED) is 0.0657. The average molecular weight is 739 g/mol. The number of carbonyl (C=O) groups is 2. The molecule has 0 radical (unpaired) electrons. The van der Waals surface area contributed by atoms with Crippen LogP contribution < -0.4 is 15.4 Å². The first-order valence-corrected chi connectivity index (χ1v) is 19.5. The number of benzene rings is 2. The van der Waals surface area contributed by atoms with Crippen LogP contribution in [0.4, 0.5) is 4.79 Å². The van der Waals surface area contributed by atoms with Gasteiger partial charge in [-0.3, -0.25) is 9.78 Å². The zero-order chi connectivity index (χ0) is 36.1. The van der Waals surface area contributed by atoms with E-state index in [0.29, 0.717) is 69.6 Å². The summed E-state index contributed by atoms with van der Waals surface area (Å²) < 4.78 is 11.2. The molecule has 0 spiro atoms. The van der Waals surface area contributed by atoms with Crippen LogP contribution in [-0.4, -0.2) is 82.9 Å². The van der Waals surface area contributed by atoms with E-state index in [9.17, 15) is 14.7 Å². The molecule has 12 heteroatoms. The average Bonchev–Trinajstić information content (AvgIpc) is 4.09. The summed E-state index contributed by atoms with van der Waals surface area (Å²) in [6.45, 7) is 3.93. The van der Waals surface area contributed by atoms with E-state index in [0.717, 1.165) is 65.2 Å². The molecular weight excluding hydrogens is 688 g/mol. The normalized spacial score (nSPS) is 15.2. The molecule has 5 rings (SSSR count). The molecule has 2 amide bonds. The van der Waals surface area contributed by atoms with Crippen molar-refractivity contribution in [2.24, 2.45) is 0 Å². The van der Waals surface area contributed by atoms with Gasteiger partial charge in [-0.25, -0.2) is 4.79 Å². The van der Waals surface area contributed by atoms with Crippen LogP contribution in [0.1, 0.15) is 75.8 Å². The van der Waals surface area contributed by atoms with Crippen LogP contribution in [-0.2, 0) is 21.6 Å². The molecule has 3 aromatic rings. The lowest BCUT2D eigenvalue weighted by molar-refractivity contribution is -0.140. The molecule has 2 aliphatic carbocycles. The molecule has 2 aliphatic rings. The maximum atomic E-state index is 13.1. The Bertz CT molecular complexity index is 1590. The molecule has 1 atom stereocenters. The molecule has 1 unspecified atom stereocenters. The van der Waals surface area contributed by atoms with Crippen LogP contribution in [0.2, 0.25) is 5.02 Å². The Morgan fingerprint density at radius 1 is 1.08 bits per heavy atom. The number of rotatable bonds is 22. The standard InChI is InChI=1S/C39H51ClN4O6S/c1-2-49-38(48)42-19-7-21-44(37(47)35(46)10-5-6-23-45)22-8-24-51-30-14-15-34(40)28(25-30)26-43-39(17-18-39)33-27-41-20-16-31(33)32-9-3-4-11-36(32)50-29-12-13-29/h3-4,9,11,14-16,20,25,27,29,35,43,45-46H,2,5-8,10,12-13,17-19,21-24,26H2,1H3,(H,42,48). The van der Waals surface area contributed by atoms with Gasteiger partial charge in [0, 0.05) is 66.2 Å². The maximum absolute atomic E-state index is 13.1. The highest BCUT2D eigenvalue weighted by molar-refractivity contribution is 7.99. The molecule has 2 saturated carbocycles. The molecule has 51 heavy (non-hydrogen) atoms. The van der Waals surface area contributed by atoms with Gasteiger partial charge in [-0.15, -0.1) is 11.8 Å². The largest absolute Gasteiger partial charge is 0.490 e. The number of carbonyl (C=O) groups excluding carboxylic acids is 2. The Hall–Kier alpha value is -3.35. The number of alkyl carbamates (subject to hydrolysis) is 1. The van der Waals surface area contributed by atoms with E-state index in [-0.39, 0.29) is 18.1 Å². The number of nitrogens with one attached hydrogen (secondary N) is 2. The highest BCUT2D eigenvalue weighted by atomic mass is 35.5. The minimum Gasteiger partial charge on any atom is -0.490 e. The summed E-state index contributed by atoms with van der Waals surface area (Å²) in [5.41, 5.74) is 4.24. The van der Waals surface area contributed by atoms with Gasteiger partial charge in [-0.1, -0.05) is 29.8 Å². The molecule has 4 N–H and O–H groups in total. The van der Waals surface area contributed by atoms with Crippen LogP contribution in [0.15, 0.2) is 65.8 Å². The van der Waals surface area contributed by atoms with Crippen LogP contribution in [0, 0.1) is 0 Å². The number of amides is 2. The number of hydrogen-bond acceptors (Lipinski definition) is 9. The predicted molar refractivity (Wildman–Crippen MR) is 201 cm³/mol. The van der Waals surface area contributed by atoms with Gasteiger partial charge in [-0.05, 0) is 117 Å². The summed E-state index contributed by atoms with van der Waals surface area (Å²) in [5, 5.41) is 26.8. The Morgan fingerprint density at radius 3 is 2.65 bits per heavy atom. The van der Waals surface area contributed by atoms with Gasteiger partial charge in [0.15, 0.2) is 0 Å². The molecule has 0 bridgehead atoms. The number of unbranched alkanes of at least 4 members (excludes halogenated alkanes) is 1. The van der Waals surface area contributed by atoms with Crippen molar-refractivity contribution in [2.75, 3.05) is 38.6 Å². The molecule has 1 heterocycles. The lowest BCUT2D eigenvalue weighted by atomic mass is 9.94. The third-order valence-electron chi connectivity index (χ3n) is 9.19. The number of aliphatic hydroxyl groups excluding tert-OH is 2. The minimum absolute atomic E-state index is 0.0291. The van der Waals surface area contributed by atoms with Gasteiger partial charge in [0.2, 0.25) is 0 Å². The molecule has 2 aromatic carbocycles. The van der Waals surface area contributed by atoms with Gasteiger partial charge in [0.25, 0.3) is 5.91 Å². The van der Waals surface area contributed by atoms with Gasteiger partial charge in [0.05, 0.1) is 12.7 Å². The van der Waals surface area contributed by atoms with E-state index in [1.807, 2.05) is 30.6 Å². The van der Waals surface area contributed by atoms with E-state index in [2.05, 4.69) is 45.9 Å². The van der Waals surface area contributed by atoms with Crippen LogP contribution >= 0.6 is 23.4 Å². The topological polar surface area (TPSA) is 133 Å². The number of ether oxygens (including phenoxy) is 2. The van der Waals surface area contributed by atoms with Crippen molar-refractivity contribution in [1.29, 1.82) is 0 Å². The predicted octanol–water partition coefficient (Wildman–Crippen LogP) is 6.69. The lowest BCUT2D eigenvalue weighted by Crippen LogP contribution is -2.41. The fraction of sp³-hybridized carbons (Fsp3) is 0.513. The number of nitrogens with zero attached hydrogens (tertiary/aromatic N) is 2. The molecule has 10 nitrogen and oxygen atoms in total. The van der Waals surface area contributed by atoms with Crippen LogP contribution in [0.25, 0.3) is 11.1 Å². The fourth-order valence-electron chi connectivity index (χ4n) is 6.08. The molecule has 276 valence electrons. The summed E-state index contributed by atoms with van der Waals surface area (Å²) in [7, 11) is 0. The number of aliphatic hydroxyl groups is 2. The molecule has 0 aliphatic heterocycles. The van der Waals surface area contributed by atoms with Crippen molar-refractivity contribution in [3.63, 3.8) is 0 Å². The smallest absolute Gasteiger partial charge is 0.407 e. The molecule has 0 saturated heterocycles. The van der Waals surface area contributed by atoms with E-state index in [4.69, 9.17) is 26.2 Å². The summed E-state index contributed by atoms with van der Waals surface area (Å²) in [5.74, 6) is 1.37. The molecular formula is C39H51ClN4O6S. The highest BCUT2D eigenvalue weighted by Crippen LogP contribution is 2.50. The zero-order valence-corrected chi connectivity index (χ0v) is 31.0. The third-order valence-corrected chi connectivity index (χ3v) is 10.6. The first-order valence-electron chi connectivity index (χ1n) is 18.2. The van der Waals surface area contributed by atoms with Crippen molar-refractivity contribution >= 4 is 35.4 Å². The number of halogens is 1. The fourth-order valence-corrected chi connectivity index (χ4v) is 7.16. The van der Waals surface area contributed by atoms with Gasteiger partial charge < -0.3 is 35.2 Å². The number of aromatic nitrogens is 1. The third kappa shape index (κ3) is 11.6. The van der Waals surface area contributed by atoms with E-state index < -0.39 is 12.2 Å². The van der Waals surface area contributed by atoms with Gasteiger partial charge in [-0.2, -0.15) is 0 Å². The Kier molecular flexibility index (Phi) is 14.8. The second kappa shape index (κ2) is 19.5. The Labute approximate surface area is 310 Å². The van der Waals surface area contributed by atoms with Crippen molar-refractivity contribution in [2.45, 2.75) is 93.9 Å². The van der Waals surface area contributed by atoms with E-state index in [1.54, 1.807) is 23.6 Å². The van der Waals surface area contributed by atoms with Crippen molar-refractivity contribution in [3.05, 3.63) is 77.1 Å². The summed E-state index contributed by atoms with van der Waals surface area (Å²) in [6.07, 6.45) is 9.44. The second-order valence-electron chi connectivity index (χ2n) is 13.2. The van der Waals surface area contributed by atoms with Crippen LogP contribution in [0.5, 0.6) is 5.75 Å². The maximum Gasteiger partial charge on any atom is 0.407 e. The first kappa shape index (κ1) is 38.9. The summed E-state index contributed by atoms with van der Waals surface area (Å²) in [4.78, 5) is 32.0. The number of pyridine rings is 1. The summed E-state index contributed by atoms with van der Waals surface area (Å²) >= 11 is 8.41. The number of hydrogen-bond donors (Lipinski definition) is 4. The SMILES string of the molecule is CCOC(=O)NCCCN(CCCSc1ccc(Cl)c(CNC2(c3cnccc3-c3ccccc3OC3CC3)CC2)c1)C(=O)C(O)CCCCO. The van der Waals surface area contributed by atoms with Crippen molar-refractivity contribution < 1.29 is 29.3 Å². The van der Waals surface area contributed by atoms with Gasteiger partial charge in [0.1, 0.15) is 11.9 Å². The monoisotopic (exact) mass is 738 g/mol. The van der Waals surface area contributed by atoms with E-state index >= 15 is 0 Å². The zero-order valence-electron chi connectivity index (χ0n) is 29.4. The highest BCUT2D eigenvalue weighted by Gasteiger charge is 2.46. The van der Waals surface area contributed by atoms with Gasteiger partial charge >= 0.3 is 6.09 Å². The lowest BCUT2D eigenvalue weighted by Gasteiger charge is -2.25. The summed E-state index contributed by atoms with van der Waals surface area (Å²) in [6, 6.07) is 16.4. The second-order valence-corrected chi connectivity index (χ2v) is 14.8. The van der Waals surface area contributed by atoms with E-state index in [1.165, 1.54) is 5.56 Å². The molecule has 2 fully saturated rings. The van der Waals surface area contributed by atoms with Crippen LogP contribution in [0.3, 0.4) is 0 Å².